The summed E-state index contributed by atoms with van der Waals surface area (Å²) in [5.41, 5.74) is 1.48. The lowest BCUT2D eigenvalue weighted by Crippen LogP contribution is -2.49. The van der Waals surface area contributed by atoms with E-state index in [9.17, 15) is 18.0 Å². The summed E-state index contributed by atoms with van der Waals surface area (Å²) in [7, 11) is 0. The predicted octanol–water partition coefficient (Wildman–Crippen LogP) is 4.24. The third-order valence-corrected chi connectivity index (χ3v) is 6.37. The Labute approximate surface area is 199 Å². The monoisotopic (exact) mass is 494 g/mol. The Hall–Kier alpha value is -2.63. The number of nitrogens with zero attached hydrogens (tertiary/aromatic N) is 4. The van der Waals surface area contributed by atoms with E-state index in [0.717, 1.165) is 10.9 Å². The van der Waals surface area contributed by atoms with Crippen LogP contribution in [0.15, 0.2) is 52.3 Å². The van der Waals surface area contributed by atoms with E-state index in [1.54, 1.807) is 23.4 Å². The number of rotatable bonds is 9. The van der Waals surface area contributed by atoms with Crippen molar-refractivity contribution in [2.45, 2.75) is 23.5 Å². The molecule has 1 fully saturated rings. The normalized spacial score (nSPS) is 15.2. The Morgan fingerprint density at radius 3 is 2.56 bits per heavy atom. The molecule has 0 spiro atoms. The van der Waals surface area contributed by atoms with E-state index in [1.165, 1.54) is 11.8 Å². The molecule has 1 aliphatic heterocycles. The van der Waals surface area contributed by atoms with Gasteiger partial charge >= 0.3 is 6.18 Å². The summed E-state index contributed by atoms with van der Waals surface area (Å²) in [6.45, 7) is 1.80. The molecule has 7 nitrogen and oxygen atoms in total. The molecule has 34 heavy (non-hydrogen) atoms. The minimum Gasteiger partial charge on any atom is -0.451 e. The zero-order valence-corrected chi connectivity index (χ0v) is 19.3. The number of hydrogen-bond acceptors (Lipinski definition) is 7. The Morgan fingerprint density at radius 1 is 1.09 bits per heavy atom. The molecule has 3 heterocycles. The molecule has 1 saturated heterocycles. The highest BCUT2D eigenvalue weighted by Crippen LogP contribution is 2.32. The van der Waals surface area contributed by atoms with Gasteiger partial charge in [0.05, 0.1) is 0 Å². The van der Waals surface area contributed by atoms with Crippen molar-refractivity contribution in [3.8, 4) is 0 Å². The molecule has 0 bridgehead atoms. The Balaban J connectivity index is 1.35. The molecule has 1 amide bonds. The maximum Gasteiger partial charge on any atom is 0.411 e. The lowest BCUT2D eigenvalue weighted by molar-refractivity contribution is -0.174. The molecule has 0 atom stereocenters. The molecule has 0 N–H and O–H groups in total. The lowest BCUT2D eigenvalue weighted by atomic mass is 10.1. The van der Waals surface area contributed by atoms with Crippen LogP contribution in [0.1, 0.15) is 22.5 Å². The van der Waals surface area contributed by atoms with Gasteiger partial charge in [0.15, 0.2) is 10.9 Å². The highest BCUT2D eigenvalue weighted by molar-refractivity contribution is 7.98. The quantitative estimate of drug-likeness (QED) is 0.250. The van der Waals surface area contributed by atoms with Gasteiger partial charge in [-0.2, -0.15) is 13.2 Å². The average Bonchev–Trinajstić information content (AvgIpc) is 3.21. The molecule has 3 aromatic rings. The zero-order valence-electron chi connectivity index (χ0n) is 18.5. The second kappa shape index (κ2) is 11.2. The number of amides is 1. The number of furan rings is 1. The van der Waals surface area contributed by atoms with Crippen LogP contribution < -0.4 is 0 Å². The third kappa shape index (κ3) is 6.49. The molecule has 0 radical (unpaired) electrons. The molecule has 11 heteroatoms. The Morgan fingerprint density at radius 2 is 1.82 bits per heavy atom. The van der Waals surface area contributed by atoms with Crippen LogP contribution in [-0.2, 0) is 10.5 Å². The summed E-state index contributed by atoms with van der Waals surface area (Å²) in [5, 5.41) is 1.52. The van der Waals surface area contributed by atoms with Crippen LogP contribution >= 0.6 is 11.8 Å². The Bertz CT molecular complexity index is 1090. The van der Waals surface area contributed by atoms with Gasteiger partial charge in [0.2, 0.25) is 0 Å². The largest absolute Gasteiger partial charge is 0.451 e. The number of piperazine rings is 1. The number of aromatic nitrogens is 2. The molecular formula is C23H25F3N4O3S. The van der Waals surface area contributed by atoms with Crippen LogP contribution in [0.25, 0.3) is 11.0 Å². The van der Waals surface area contributed by atoms with E-state index >= 15 is 0 Å². The molecule has 2 aromatic heterocycles. The molecule has 1 aliphatic rings. The number of thioether (sulfide) groups is 1. The fourth-order valence-corrected chi connectivity index (χ4v) is 4.64. The molecule has 0 aliphatic carbocycles. The van der Waals surface area contributed by atoms with Crippen molar-refractivity contribution in [2.75, 3.05) is 45.9 Å². The van der Waals surface area contributed by atoms with Gasteiger partial charge in [0, 0.05) is 68.4 Å². The summed E-state index contributed by atoms with van der Waals surface area (Å²) >= 11 is 1.44. The van der Waals surface area contributed by atoms with E-state index in [4.69, 9.17) is 4.42 Å². The first-order valence-electron chi connectivity index (χ1n) is 11.0. The SMILES string of the molecule is O=C(c1oc2ccccc2c1CSc1ncccn1)N1CCN(CCCOCC(F)(F)F)CC1. The fourth-order valence-electron chi connectivity index (χ4n) is 3.81. The standard InChI is InChI=1S/C23H25F3N4O3S/c24-23(25,26)16-32-14-4-9-29-10-12-30(13-11-29)21(31)20-18(15-34-22-27-7-3-8-28-22)17-5-1-2-6-19(17)33-20/h1-3,5-8H,4,9-16H2. The van der Waals surface area contributed by atoms with Crippen molar-refractivity contribution in [3.63, 3.8) is 0 Å². The highest BCUT2D eigenvalue weighted by atomic mass is 32.2. The van der Waals surface area contributed by atoms with Crippen LogP contribution in [0, 0.1) is 0 Å². The number of halogens is 3. The van der Waals surface area contributed by atoms with Gasteiger partial charge < -0.3 is 14.1 Å². The second-order valence-corrected chi connectivity index (χ2v) is 8.82. The first-order chi connectivity index (χ1) is 16.4. The van der Waals surface area contributed by atoms with E-state index in [0.29, 0.717) is 61.4 Å². The van der Waals surface area contributed by atoms with Crippen LogP contribution in [0.2, 0.25) is 0 Å². The fraction of sp³-hybridized carbons (Fsp3) is 0.435. The van der Waals surface area contributed by atoms with Crippen LogP contribution in [0.3, 0.4) is 0 Å². The third-order valence-electron chi connectivity index (χ3n) is 5.47. The maximum atomic E-state index is 13.3. The van der Waals surface area contributed by atoms with Crippen molar-refractivity contribution in [1.29, 1.82) is 0 Å². The van der Waals surface area contributed by atoms with Crippen molar-refractivity contribution in [1.82, 2.24) is 19.8 Å². The van der Waals surface area contributed by atoms with Gasteiger partial charge in [-0.15, -0.1) is 0 Å². The number of carbonyl (C=O) groups excluding carboxylic acids is 1. The number of benzene rings is 1. The molecule has 1 aromatic carbocycles. The van der Waals surface area contributed by atoms with Crippen LogP contribution in [-0.4, -0.2) is 77.8 Å². The molecule has 0 saturated carbocycles. The molecule has 0 unspecified atom stereocenters. The van der Waals surface area contributed by atoms with Crippen molar-refractivity contribution in [3.05, 3.63) is 54.0 Å². The maximum absolute atomic E-state index is 13.3. The number of fused-ring (bicyclic) bond motifs is 1. The minimum absolute atomic E-state index is 0.0593. The predicted molar refractivity (Wildman–Crippen MR) is 122 cm³/mol. The van der Waals surface area contributed by atoms with E-state index in [1.807, 2.05) is 24.3 Å². The molecule has 182 valence electrons. The smallest absolute Gasteiger partial charge is 0.411 e. The Kier molecular flexibility index (Phi) is 8.07. The summed E-state index contributed by atoms with van der Waals surface area (Å²) in [5.74, 6) is 0.674. The molecular weight excluding hydrogens is 469 g/mol. The number of carbonyl (C=O) groups is 1. The van der Waals surface area contributed by atoms with Gasteiger partial charge in [-0.25, -0.2) is 9.97 Å². The summed E-state index contributed by atoms with van der Waals surface area (Å²) in [6, 6.07) is 9.32. The summed E-state index contributed by atoms with van der Waals surface area (Å²) < 4.78 is 47.1. The number of ether oxygens (including phenoxy) is 1. The van der Waals surface area contributed by atoms with Gasteiger partial charge in [-0.3, -0.25) is 9.69 Å². The van der Waals surface area contributed by atoms with Crippen molar-refractivity contribution in [2.24, 2.45) is 0 Å². The number of para-hydroxylation sites is 1. The van der Waals surface area contributed by atoms with Crippen LogP contribution in [0.4, 0.5) is 13.2 Å². The lowest BCUT2D eigenvalue weighted by Gasteiger charge is -2.34. The van der Waals surface area contributed by atoms with Gasteiger partial charge in [0.1, 0.15) is 12.2 Å². The number of alkyl halides is 3. The van der Waals surface area contributed by atoms with Crippen LogP contribution in [0.5, 0.6) is 0 Å². The van der Waals surface area contributed by atoms with Gasteiger partial charge in [-0.1, -0.05) is 30.0 Å². The van der Waals surface area contributed by atoms with Gasteiger partial charge in [-0.05, 0) is 18.6 Å². The second-order valence-electron chi connectivity index (χ2n) is 7.88. The molecule has 4 rings (SSSR count). The van der Waals surface area contributed by atoms with E-state index in [2.05, 4.69) is 19.6 Å². The first kappa shape index (κ1) is 24.5. The van der Waals surface area contributed by atoms with Gasteiger partial charge in [0.25, 0.3) is 5.91 Å². The van der Waals surface area contributed by atoms with Crippen molar-refractivity contribution >= 4 is 28.6 Å². The topological polar surface area (TPSA) is 71.7 Å². The summed E-state index contributed by atoms with van der Waals surface area (Å²) in [4.78, 5) is 25.7. The minimum atomic E-state index is -4.30. The van der Waals surface area contributed by atoms with E-state index < -0.39 is 12.8 Å². The van der Waals surface area contributed by atoms with Crippen molar-refractivity contribution < 1.29 is 27.1 Å². The van der Waals surface area contributed by atoms with E-state index in [-0.39, 0.29) is 12.5 Å². The average molecular weight is 495 g/mol. The highest BCUT2D eigenvalue weighted by Gasteiger charge is 2.29. The summed E-state index contributed by atoms with van der Waals surface area (Å²) in [6.07, 6.45) is -0.432. The first-order valence-corrected chi connectivity index (χ1v) is 12.0. The number of hydrogen-bond donors (Lipinski definition) is 0. The zero-order chi connectivity index (χ0) is 24.0.